The van der Waals surface area contributed by atoms with Gasteiger partial charge < -0.3 is 4.79 Å². The van der Waals surface area contributed by atoms with Gasteiger partial charge in [0.2, 0.25) is 0 Å². The molecule has 1 aliphatic carbocycles. The SMILES string of the molecule is CC.CC.CC.CC.CC(=O)CC(C)(C)C1CCCC1.Cc1ccccn1. The number of pyridine rings is 1. The van der Waals surface area contributed by atoms with E-state index in [1.54, 1.807) is 13.1 Å². The highest BCUT2D eigenvalue weighted by molar-refractivity contribution is 5.76. The van der Waals surface area contributed by atoms with Crippen molar-refractivity contribution in [2.75, 3.05) is 0 Å². The third-order valence-electron chi connectivity index (χ3n) is 3.98. The Morgan fingerprint density at radius 3 is 1.67 bits per heavy atom. The molecule has 2 heteroatoms. The van der Waals surface area contributed by atoms with Crippen LogP contribution in [0.4, 0.5) is 0 Å². The summed E-state index contributed by atoms with van der Waals surface area (Å²) in [5.74, 6) is 1.13. The predicted octanol–water partition coefficient (Wildman–Crippen LogP) is 8.68. The summed E-state index contributed by atoms with van der Waals surface area (Å²) in [6.07, 6.45) is 7.95. The first-order valence-corrected chi connectivity index (χ1v) is 11.3. The Morgan fingerprint density at radius 1 is 0.963 bits per heavy atom. The first kappa shape index (κ1) is 33.4. The lowest BCUT2D eigenvalue weighted by Crippen LogP contribution is -2.24. The van der Waals surface area contributed by atoms with E-state index in [9.17, 15) is 4.79 Å². The van der Waals surface area contributed by atoms with Crippen molar-refractivity contribution in [2.45, 2.75) is 115 Å². The highest BCUT2D eigenvalue weighted by Crippen LogP contribution is 2.41. The van der Waals surface area contributed by atoms with Gasteiger partial charge in [0.1, 0.15) is 5.78 Å². The van der Waals surface area contributed by atoms with Gasteiger partial charge in [-0.1, -0.05) is 88.1 Å². The molecule has 1 aromatic heterocycles. The molecule has 1 aliphatic rings. The summed E-state index contributed by atoms with van der Waals surface area (Å²) in [4.78, 5) is 15.0. The molecule has 0 unspecified atom stereocenters. The van der Waals surface area contributed by atoms with Crippen LogP contribution in [-0.2, 0) is 4.79 Å². The Kier molecular flexibility index (Phi) is 30.7. The number of rotatable bonds is 3. The molecule has 0 spiro atoms. The third kappa shape index (κ3) is 21.0. The number of hydrogen-bond acceptors (Lipinski definition) is 2. The van der Waals surface area contributed by atoms with Gasteiger partial charge in [0.15, 0.2) is 0 Å². The summed E-state index contributed by atoms with van der Waals surface area (Å²) in [5.41, 5.74) is 1.32. The largest absolute Gasteiger partial charge is 0.300 e. The van der Waals surface area contributed by atoms with Crippen LogP contribution in [0.5, 0.6) is 0 Å². The molecule has 27 heavy (non-hydrogen) atoms. The highest BCUT2D eigenvalue weighted by Gasteiger charge is 2.32. The van der Waals surface area contributed by atoms with Gasteiger partial charge in [-0.05, 0) is 50.2 Å². The molecule has 0 aliphatic heterocycles. The zero-order valence-corrected chi connectivity index (χ0v) is 20.8. The minimum Gasteiger partial charge on any atom is -0.300 e. The molecular formula is C25H51NO. The number of nitrogens with zero attached hydrogens (tertiary/aromatic N) is 1. The Labute approximate surface area is 172 Å². The Morgan fingerprint density at radius 2 is 1.41 bits per heavy atom. The molecule has 1 fully saturated rings. The van der Waals surface area contributed by atoms with Gasteiger partial charge in [0.25, 0.3) is 0 Å². The highest BCUT2D eigenvalue weighted by atomic mass is 16.1. The number of aryl methyl sites for hydroxylation is 1. The van der Waals surface area contributed by atoms with Gasteiger partial charge in [0, 0.05) is 18.3 Å². The molecule has 2 nitrogen and oxygen atoms in total. The predicted molar refractivity (Wildman–Crippen MR) is 125 cm³/mol. The lowest BCUT2D eigenvalue weighted by molar-refractivity contribution is -0.119. The van der Waals surface area contributed by atoms with E-state index in [2.05, 4.69) is 18.8 Å². The molecule has 0 aromatic carbocycles. The number of carbonyl (C=O) groups is 1. The molecule has 162 valence electrons. The fourth-order valence-electron chi connectivity index (χ4n) is 2.94. The molecule has 2 rings (SSSR count). The van der Waals surface area contributed by atoms with Crippen molar-refractivity contribution in [3.8, 4) is 0 Å². The normalized spacial score (nSPS) is 12.0. The van der Waals surface area contributed by atoms with Gasteiger partial charge in [-0.15, -0.1) is 0 Å². The number of ketones is 1. The molecule has 1 saturated carbocycles. The van der Waals surface area contributed by atoms with Crippen molar-refractivity contribution < 1.29 is 4.79 Å². The molecule has 1 aromatic rings. The van der Waals surface area contributed by atoms with Crippen LogP contribution in [0.2, 0.25) is 0 Å². The van der Waals surface area contributed by atoms with Crippen molar-refractivity contribution in [1.29, 1.82) is 0 Å². The quantitative estimate of drug-likeness (QED) is 0.524. The van der Waals surface area contributed by atoms with Crippen molar-refractivity contribution >= 4 is 5.78 Å². The van der Waals surface area contributed by atoms with Crippen LogP contribution in [0, 0.1) is 18.3 Å². The van der Waals surface area contributed by atoms with E-state index in [0.29, 0.717) is 5.78 Å². The van der Waals surface area contributed by atoms with Crippen molar-refractivity contribution in [2.24, 2.45) is 11.3 Å². The average molecular weight is 382 g/mol. The van der Waals surface area contributed by atoms with Crippen molar-refractivity contribution in [1.82, 2.24) is 4.98 Å². The number of carbonyl (C=O) groups excluding carboxylic acids is 1. The van der Waals surface area contributed by atoms with Gasteiger partial charge in [-0.25, -0.2) is 0 Å². The van der Waals surface area contributed by atoms with E-state index in [4.69, 9.17) is 0 Å². The van der Waals surface area contributed by atoms with Crippen LogP contribution in [0.1, 0.15) is 114 Å². The summed E-state index contributed by atoms with van der Waals surface area (Å²) in [5, 5.41) is 0. The maximum absolute atomic E-state index is 11.0. The number of hydrogen-bond donors (Lipinski definition) is 0. The smallest absolute Gasteiger partial charge is 0.130 e. The van der Waals surface area contributed by atoms with Crippen LogP contribution in [0.15, 0.2) is 24.4 Å². The summed E-state index contributed by atoms with van der Waals surface area (Å²) < 4.78 is 0. The van der Waals surface area contributed by atoms with Crippen LogP contribution in [0.25, 0.3) is 0 Å². The summed E-state index contributed by atoms with van der Waals surface area (Å²) in [6, 6.07) is 5.86. The molecule has 0 bridgehead atoms. The summed E-state index contributed by atoms with van der Waals surface area (Å²) in [7, 11) is 0. The molecular weight excluding hydrogens is 330 g/mol. The van der Waals surface area contributed by atoms with Crippen molar-refractivity contribution in [3.05, 3.63) is 30.1 Å². The van der Waals surface area contributed by atoms with Gasteiger partial charge in [-0.2, -0.15) is 0 Å². The first-order chi connectivity index (χ1) is 12.9. The number of Topliss-reactive ketones (excluding diaryl/α,β-unsaturated/α-hetero) is 1. The second kappa shape index (κ2) is 24.8. The Balaban J connectivity index is -0.000000151. The summed E-state index contributed by atoms with van der Waals surface area (Å²) in [6.45, 7) is 24.2. The maximum atomic E-state index is 11.0. The Bertz CT molecular complexity index is 379. The van der Waals surface area contributed by atoms with E-state index >= 15 is 0 Å². The fourth-order valence-corrected chi connectivity index (χ4v) is 2.94. The monoisotopic (exact) mass is 381 g/mol. The first-order valence-electron chi connectivity index (χ1n) is 11.3. The zero-order valence-electron chi connectivity index (χ0n) is 20.8. The maximum Gasteiger partial charge on any atom is 0.130 e. The number of aromatic nitrogens is 1. The molecule has 1 heterocycles. The molecule has 0 atom stereocenters. The molecule has 0 amide bonds. The van der Waals surface area contributed by atoms with Crippen LogP contribution < -0.4 is 0 Å². The zero-order chi connectivity index (χ0) is 22.3. The van der Waals surface area contributed by atoms with Crippen molar-refractivity contribution in [3.63, 3.8) is 0 Å². The van der Waals surface area contributed by atoms with E-state index in [1.165, 1.54) is 25.7 Å². The van der Waals surface area contributed by atoms with E-state index in [-0.39, 0.29) is 5.41 Å². The lowest BCUT2D eigenvalue weighted by Gasteiger charge is -2.30. The van der Waals surface area contributed by atoms with E-state index in [1.807, 2.05) is 80.5 Å². The van der Waals surface area contributed by atoms with Crippen LogP contribution in [0.3, 0.4) is 0 Å². The average Bonchev–Trinajstić information content (AvgIpc) is 3.24. The summed E-state index contributed by atoms with van der Waals surface area (Å²) >= 11 is 0. The van der Waals surface area contributed by atoms with Crippen LogP contribution >= 0.6 is 0 Å². The van der Waals surface area contributed by atoms with Gasteiger partial charge in [0.05, 0.1) is 0 Å². The second-order valence-corrected chi connectivity index (χ2v) is 6.32. The third-order valence-corrected chi connectivity index (χ3v) is 3.98. The standard InChI is InChI=1S/C11H20O.C6H7N.4C2H6/c1-9(12)8-11(2,3)10-6-4-5-7-10;1-6-4-2-3-5-7-6;4*1-2/h10H,4-8H2,1-3H3;2-5H,1H3;4*1-2H3. The van der Waals surface area contributed by atoms with Gasteiger partial charge >= 0.3 is 0 Å². The van der Waals surface area contributed by atoms with Gasteiger partial charge in [-0.3, -0.25) is 4.98 Å². The van der Waals surface area contributed by atoms with E-state index in [0.717, 1.165) is 18.0 Å². The fraction of sp³-hybridized carbons (Fsp3) is 0.760. The Hall–Kier alpha value is -1.18. The lowest BCUT2D eigenvalue weighted by atomic mass is 9.74. The molecule has 0 saturated heterocycles. The minimum absolute atomic E-state index is 0.252. The van der Waals surface area contributed by atoms with E-state index < -0.39 is 0 Å². The molecule has 0 radical (unpaired) electrons. The minimum atomic E-state index is 0.252. The molecule has 0 N–H and O–H groups in total. The second-order valence-electron chi connectivity index (χ2n) is 6.32. The topological polar surface area (TPSA) is 30.0 Å². The van der Waals surface area contributed by atoms with Crippen LogP contribution in [-0.4, -0.2) is 10.8 Å².